The number of benzene rings is 2. The SMILES string of the molecule is Sc1ccccc1Nc1ccccc1. The number of hydrogen-bond acceptors (Lipinski definition) is 2. The van der Waals surface area contributed by atoms with Crippen molar-refractivity contribution in [2.24, 2.45) is 0 Å². The van der Waals surface area contributed by atoms with Gasteiger partial charge in [-0.25, -0.2) is 0 Å². The highest BCUT2D eigenvalue weighted by atomic mass is 32.1. The van der Waals surface area contributed by atoms with Crippen LogP contribution in [0.25, 0.3) is 0 Å². The van der Waals surface area contributed by atoms with Crippen molar-refractivity contribution in [1.29, 1.82) is 0 Å². The number of anilines is 2. The Morgan fingerprint density at radius 1 is 0.786 bits per heavy atom. The summed E-state index contributed by atoms with van der Waals surface area (Å²) >= 11 is 4.37. The second-order valence-electron chi connectivity index (χ2n) is 3.01. The molecule has 1 N–H and O–H groups in total. The van der Waals surface area contributed by atoms with E-state index >= 15 is 0 Å². The van der Waals surface area contributed by atoms with Gasteiger partial charge in [-0.1, -0.05) is 30.3 Å². The third kappa shape index (κ3) is 2.09. The van der Waals surface area contributed by atoms with Gasteiger partial charge < -0.3 is 5.32 Å². The summed E-state index contributed by atoms with van der Waals surface area (Å²) in [4.78, 5) is 0.955. The number of rotatable bonds is 2. The van der Waals surface area contributed by atoms with Gasteiger partial charge in [0.15, 0.2) is 0 Å². The molecule has 0 amide bonds. The standard InChI is InChI=1S/C12H11NS/c14-12-9-5-4-8-11(12)13-10-6-2-1-3-7-10/h1-9,13-14H. The van der Waals surface area contributed by atoms with Gasteiger partial charge in [0.1, 0.15) is 0 Å². The van der Waals surface area contributed by atoms with E-state index < -0.39 is 0 Å². The first-order valence-corrected chi connectivity index (χ1v) is 4.91. The highest BCUT2D eigenvalue weighted by Gasteiger charge is 1.96. The maximum Gasteiger partial charge on any atom is 0.0519 e. The fraction of sp³-hybridized carbons (Fsp3) is 0. The molecule has 2 rings (SSSR count). The molecule has 2 heteroatoms. The van der Waals surface area contributed by atoms with Crippen molar-refractivity contribution in [3.8, 4) is 0 Å². The van der Waals surface area contributed by atoms with Crippen LogP contribution in [0, 0.1) is 0 Å². The summed E-state index contributed by atoms with van der Waals surface area (Å²) in [5.41, 5.74) is 2.11. The van der Waals surface area contributed by atoms with Crippen molar-refractivity contribution >= 4 is 24.0 Å². The highest BCUT2D eigenvalue weighted by molar-refractivity contribution is 7.80. The number of para-hydroxylation sites is 2. The molecule has 2 aromatic rings. The molecule has 14 heavy (non-hydrogen) atoms. The van der Waals surface area contributed by atoms with Crippen LogP contribution < -0.4 is 5.32 Å². The molecule has 2 aromatic carbocycles. The van der Waals surface area contributed by atoms with E-state index in [0.29, 0.717) is 0 Å². The van der Waals surface area contributed by atoms with Gasteiger partial charge in [0.05, 0.1) is 5.69 Å². The Kier molecular flexibility index (Phi) is 2.75. The van der Waals surface area contributed by atoms with Crippen molar-refractivity contribution in [2.45, 2.75) is 4.90 Å². The molecular formula is C12H11NS. The maximum atomic E-state index is 4.37. The van der Waals surface area contributed by atoms with Crippen LogP contribution in [0.2, 0.25) is 0 Å². The summed E-state index contributed by atoms with van der Waals surface area (Å²) in [6, 6.07) is 18.0. The summed E-state index contributed by atoms with van der Waals surface area (Å²) in [6.45, 7) is 0. The molecule has 0 saturated carbocycles. The fourth-order valence-electron chi connectivity index (χ4n) is 1.26. The zero-order chi connectivity index (χ0) is 9.80. The lowest BCUT2D eigenvalue weighted by atomic mass is 10.3. The van der Waals surface area contributed by atoms with Gasteiger partial charge in [0, 0.05) is 10.6 Å². The van der Waals surface area contributed by atoms with Crippen molar-refractivity contribution in [3.63, 3.8) is 0 Å². The first-order chi connectivity index (χ1) is 6.86. The van der Waals surface area contributed by atoms with Crippen LogP contribution in [-0.4, -0.2) is 0 Å². The molecule has 0 saturated heterocycles. The predicted octanol–water partition coefficient (Wildman–Crippen LogP) is 3.72. The highest BCUT2D eigenvalue weighted by Crippen LogP contribution is 2.22. The molecule has 0 spiro atoms. The van der Waals surface area contributed by atoms with Gasteiger partial charge in [-0.2, -0.15) is 0 Å². The smallest absolute Gasteiger partial charge is 0.0519 e. The van der Waals surface area contributed by atoms with Crippen molar-refractivity contribution < 1.29 is 0 Å². The van der Waals surface area contributed by atoms with E-state index in [1.54, 1.807) is 0 Å². The summed E-state index contributed by atoms with van der Waals surface area (Å²) in [5.74, 6) is 0. The van der Waals surface area contributed by atoms with Gasteiger partial charge in [-0.15, -0.1) is 12.6 Å². The summed E-state index contributed by atoms with van der Waals surface area (Å²) in [5, 5.41) is 3.30. The van der Waals surface area contributed by atoms with Gasteiger partial charge in [-0.3, -0.25) is 0 Å². The van der Waals surface area contributed by atoms with E-state index in [4.69, 9.17) is 0 Å². The monoisotopic (exact) mass is 201 g/mol. The third-order valence-electron chi connectivity index (χ3n) is 1.96. The average molecular weight is 201 g/mol. The molecule has 0 unspecified atom stereocenters. The van der Waals surface area contributed by atoms with Gasteiger partial charge >= 0.3 is 0 Å². The van der Waals surface area contributed by atoms with E-state index in [2.05, 4.69) is 17.9 Å². The van der Waals surface area contributed by atoms with Crippen LogP contribution in [0.1, 0.15) is 0 Å². The first kappa shape index (κ1) is 9.16. The Morgan fingerprint density at radius 3 is 2.14 bits per heavy atom. The maximum absolute atomic E-state index is 4.37. The largest absolute Gasteiger partial charge is 0.355 e. The van der Waals surface area contributed by atoms with E-state index in [-0.39, 0.29) is 0 Å². The number of hydrogen-bond donors (Lipinski definition) is 2. The molecule has 0 aliphatic carbocycles. The second kappa shape index (κ2) is 4.20. The lowest BCUT2D eigenvalue weighted by Gasteiger charge is -2.07. The molecule has 0 heterocycles. The Morgan fingerprint density at radius 2 is 1.43 bits per heavy atom. The lowest BCUT2D eigenvalue weighted by Crippen LogP contribution is -1.90. The van der Waals surface area contributed by atoms with E-state index in [9.17, 15) is 0 Å². The molecule has 0 aliphatic rings. The molecule has 0 aliphatic heterocycles. The molecule has 0 aromatic heterocycles. The zero-order valence-electron chi connectivity index (χ0n) is 7.64. The van der Waals surface area contributed by atoms with Crippen LogP contribution in [0.15, 0.2) is 59.5 Å². The minimum Gasteiger partial charge on any atom is -0.355 e. The van der Waals surface area contributed by atoms with E-state index in [0.717, 1.165) is 16.3 Å². The molecule has 0 atom stereocenters. The van der Waals surface area contributed by atoms with Crippen molar-refractivity contribution in [3.05, 3.63) is 54.6 Å². The molecule has 70 valence electrons. The predicted molar refractivity (Wildman–Crippen MR) is 63.4 cm³/mol. The Hall–Kier alpha value is -1.41. The number of nitrogens with one attached hydrogen (secondary N) is 1. The lowest BCUT2D eigenvalue weighted by molar-refractivity contribution is 1.42. The summed E-state index contributed by atoms with van der Waals surface area (Å²) in [6.07, 6.45) is 0. The first-order valence-electron chi connectivity index (χ1n) is 4.46. The molecule has 1 nitrogen and oxygen atoms in total. The third-order valence-corrected chi connectivity index (χ3v) is 2.35. The van der Waals surface area contributed by atoms with Crippen LogP contribution in [-0.2, 0) is 0 Å². The zero-order valence-corrected chi connectivity index (χ0v) is 8.54. The van der Waals surface area contributed by atoms with E-state index in [1.807, 2.05) is 54.6 Å². The normalized spacial score (nSPS) is 9.79. The summed E-state index contributed by atoms with van der Waals surface area (Å²) in [7, 11) is 0. The topological polar surface area (TPSA) is 12.0 Å². The number of thiol groups is 1. The van der Waals surface area contributed by atoms with Crippen molar-refractivity contribution in [1.82, 2.24) is 0 Å². The molecule has 0 radical (unpaired) electrons. The quantitative estimate of drug-likeness (QED) is 0.706. The molecular weight excluding hydrogens is 190 g/mol. The Labute approximate surface area is 89.2 Å². The average Bonchev–Trinajstić information content (AvgIpc) is 2.23. The van der Waals surface area contributed by atoms with Crippen LogP contribution in [0.4, 0.5) is 11.4 Å². The Bertz CT molecular complexity index is 412. The minimum atomic E-state index is 0.955. The molecule has 0 fully saturated rings. The van der Waals surface area contributed by atoms with Crippen molar-refractivity contribution in [2.75, 3.05) is 5.32 Å². The van der Waals surface area contributed by atoms with Gasteiger partial charge in [0.2, 0.25) is 0 Å². The second-order valence-corrected chi connectivity index (χ2v) is 3.49. The van der Waals surface area contributed by atoms with Crippen LogP contribution in [0.5, 0.6) is 0 Å². The van der Waals surface area contributed by atoms with E-state index in [1.165, 1.54) is 0 Å². The fourth-order valence-corrected chi connectivity index (χ4v) is 1.47. The summed E-state index contributed by atoms with van der Waals surface area (Å²) < 4.78 is 0. The van der Waals surface area contributed by atoms with Crippen LogP contribution in [0.3, 0.4) is 0 Å². The van der Waals surface area contributed by atoms with Gasteiger partial charge in [0.25, 0.3) is 0 Å². The van der Waals surface area contributed by atoms with Gasteiger partial charge in [-0.05, 0) is 24.3 Å². The Balaban J connectivity index is 2.24. The minimum absolute atomic E-state index is 0.955. The van der Waals surface area contributed by atoms with Crippen LogP contribution >= 0.6 is 12.6 Å². The molecule has 0 bridgehead atoms.